The lowest BCUT2D eigenvalue weighted by atomic mass is 9.79. The maximum Gasteiger partial charge on any atom is 0.175 e. The Balaban J connectivity index is 2.07. The van der Waals surface area contributed by atoms with Crippen LogP contribution in [0.2, 0.25) is 0 Å². The molecule has 1 N–H and O–H groups in total. The van der Waals surface area contributed by atoms with Gasteiger partial charge in [-0.3, -0.25) is 0 Å². The van der Waals surface area contributed by atoms with Crippen LogP contribution in [0.1, 0.15) is 45.1 Å². The van der Waals surface area contributed by atoms with Crippen molar-refractivity contribution in [2.75, 3.05) is 11.6 Å². The smallest absolute Gasteiger partial charge is 0.175 e. The van der Waals surface area contributed by atoms with Crippen LogP contribution in [0.4, 0.5) is 5.69 Å². The molecular weight excluding hydrogens is 282 g/mol. The minimum atomic E-state index is -3.14. The standard InChI is InChI=1S/C17H27NO2S/c1-12(2)14-6-8-15(9-7-14)18-17-11-16(21(4,19)20)10-5-13(17)3/h5,10-12,14-15,18H,6-9H2,1-4H3. The maximum absolute atomic E-state index is 11.7. The normalized spacial score (nSPS) is 23.3. The SMILES string of the molecule is Cc1ccc(S(C)(=O)=O)cc1NC1CCC(C(C)C)CC1. The summed E-state index contributed by atoms with van der Waals surface area (Å²) < 4.78 is 23.4. The molecule has 0 aliphatic heterocycles. The number of anilines is 1. The lowest BCUT2D eigenvalue weighted by molar-refractivity contribution is 0.267. The molecule has 0 bridgehead atoms. The first-order valence-corrected chi connectivity index (χ1v) is 9.73. The molecule has 0 spiro atoms. The molecule has 1 aromatic carbocycles. The molecule has 0 amide bonds. The van der Waals surface area contributed by atoms with Gasteiger partial charge in [-0.1, -0.05) is 19.9 Å². The fourth-order valence-corrected chi connectivity index (χ4v) is 3.78. The fourth-order valence-electron chi connectivity index (χ4n) is 3.14. The first-order chi connectivity index (χ1) is 9.77. The Hall–Kier alpha value is -1.03. The number of nitrogens with one attached hydrogen (secondary N) is 1. The highest BCUT2D eigenvalue weighted by molar-refractivity contribution is 7.90. The second-order valence-electron chi connectivity index (χ2n) is 6.75. The van der Waals surface area contributed by atoms with Gasteiger partial charge in [-0.2, -0.15) is 0 Å². The van der Waals surface area contributed by atoms with Gasteiger partial charge in [-0.25, -0.2) is 8.42 Å². The number of hydrogen-bond acceptors (Lipinski definition) is 3. The van der Waals surface area contributed by atoms with Crippen LogP contribution in [0.15, 0.2) is 23.1 Å². The van der Waals surface area contributed by atoms with Crippen molar-refractivity contribution < 1.29 is 8.42 Å². The monoisotopic (exact) mass is 309 g/mol. The van der Waals surface area contributed by atoms with Gasteiger partial charge in [0.15, 0.2) is 9.84 Å². The summed E-state index contributed by atoms with van der Waals surface area (Å²) in [6.45, 7) is 6.63. The summed E-state index contributed by atoms with van der Waals surface area (Å²) in [6, 6.07) is 5.82. The molecule has 1 fully saturated rings. The van der Waals surface area contributed by atoms with Crippen molar-refractivity contribution in [3.05, 3.63) is 23.8 Å². The zero-order valence-corrected chi connectivity index (χ0v) is 14.3. The van der Waals surface area contributed by atoms with E-state index in [1.807, 2.05) is 13.0 Å². The summed E-state index contributed by atoms with van der Waals surface area (Å²) >= 11 is 0. The predicted molar refractivity (Wildman–Crippen MR) is 88.5 cm³/mol. The zero-order valence-electron chi connectivity index (χ0n) is 13.5. The van der Waals surface area contributed by atoms with Crippen LogP contribution in [0.5, 0.6) is 0 Å². The Bertz CT molecular complexity index is 585. The molecule has 1 aliphatic rings. The van der Waals surface area contributed by atoms with E-state index in [-0.39, 0.29) is 0 Å². The van der Waals surface area contributed by atoms with Gasteiger partial charge in [0, 0.05) is 18.0 Å². The topological polar surface area (TPSA) is 46.2 Å². The molecule has 0 atom stereocenters. The summed E-state index contributed by atoms with van der Waals surface area (Å²) in [5.74, 6) is 1.60. The molecule has 0 radical (unpaired) electrons. The summed E-state index contributed by atoms with van der Waals surface area (Å²) in [5.41, 5.74) is 2.07. The number of benzene rings is 1. The average Bonchev–Trinajstić information content (AvgIpc) is 2.40. The van der Waals surface area contributed by atoms with Crippen LogP contribution in [0.25, 0.3) is 0 Å². The van der Waals surface area contributed by atoms with Crippen molar-refractivity contribution >= 4 is 15.5 Å². The van der Waals surface area contributed by atoms with Crippen LogP contribution in [-0.2, 0) is 9.84 Å². The van der Waals surface area contributed by atoms with Gasteiger partial charge in [0.2, 0.25) is 0 Å². The average molecular weight is 309 g/mol. The molecule has 1 aromatic rings. The molecule has 1 saturated carbocycles. The highest BCUT2D eigenvalue weighted by Crippen LogP contribution is 2.32. The van der Waals surface area contributed by atoms with Crippen molar-refractivity contribution in [2.24, 2.45) is 11.8 Å². The molecule has 0 saturated heterocycles. The van der Waals surface area contributed by atoms with Crippen molar-refractivity contribution in [3.63, 3.8) is 0 Å². The van der Waals surface area contributed by atoms with E-state index in [0.717, 1.165) is 23.1 Å². The van der Waals surface area contributed by atoms with Gasteiger partial charge in [0.25, 0.3) is 0 Å². The predicted octanol–water partition coefficient (Wildman–Crippen LogP) is 4.03. The third-order valence-corrected chi connectivity index (χ3v) is 5.82. The van der Waals surface area contributed by atoms with Gasteiger partial charge in [0.1, 0.15) is 0 Å². The van der Waals surface area contributed by atoms with Crippen molar-refractivity contribution in [1.82, 2.24) is 0 Å². The Morgan fingerprint density at radius 2 is 1.76 bits per heavy atom. The van der Waals surface area contributed by atoms with Crippen LogP contribution in [0.3, 0.4) is 0 Å². The molecule has 0 unspecified atom stereocenters. The van der Waals surface area contributed by atoms with E-state index in [0.29, 0.717) is 10.9 Å². The van der Waals surface area contributed by atoms with E-state index in [1.165, 1.54) is 31.9 Å². The van der Waals surface area contributed by atoms with Gasteiger partial charge >= 0.3 is 0 Å². The number of rotatable bonds is 4. The molecule has 2 rings (SSSR count). The van der Waals surface area contributed by atoms with E-state index < -0.39 is 9.84 Å². The molecule has 21 heavy (non-hydrogen) atoms. The molecule has 1 aliphatic carbocycles. The maximum atomic E-state index is 11.7. The Morgan fingerprint density at radius 1 is 1.14 bits per heavy atom. The zero-order chi connectivity index (χ0) is 15.6. The van der Waals surface area contributed by atoms with E-state index in [9.17, 15) is 8.42 Å². The second-order valence-corrected chi connectivity index (χ2v) is 8.76. The number of aryl methyl sites for hydroxylation is 1. The van der Waals surface area contributed by atoms with Gasteiger partial charge in [0.05, 0.1) is 4.90 Å². The Kier molecular flexibility index (Phi) is 4.97. The summed E-state index contributed by atoms with van der Waals surface area (Å²) in [5, 5.41) is 3.56. The number of sulfone groups is 1. The molecule has 0 heterocycles. The van der Waals surface area contributed by atoms with Gasteiger partial charge < -0.3 is 5.32 Å². The van der Waals surface area contributed by atoms with E-state index in [4.69, 9.17) is 0 Å². The first kappa shape index (κ1) is 16.3. The van der Waals surface area contributed by atoms with Crippen molar-refractivity contribution in [2.45, 2.75) is 57.4 Å². The third-order valence-electron chi connectivity index (χ3n) is 4.71. The van der Waals surface area contributed by atoms with Crippen LogP contribution < -0.4 is 5.32 Å². The molecule has 3 nitrogen and oxygen atoms in total. The lowest BCUT2D eigenvalue weighted by Gasteiger charge is -2.32. The summed E-state index contributed by atoms with van der Waals surface area (Å²) in [6.07, 6.45) is 6.13. The van der Waals surface area contributed by atoms with E-state index in [1.54, 1.807) is 12.1 Å². The minimum Gasteiger partial charge on any atom is -0.382 e. The number of hydrogen-bond donors (Lipinski definition) is 1. The van der Waals surface area contributed by atoms with E-state index >= 15 is 0 Å². The second kappa shape index (κ2) is 6.39. The van der Waals surface area contributed by atoms with Gasteiger partial charge in [-0.05, 0) is 62.1 Å². The van der Waals surface area contributed by atoms with Crippen molar-refractivity contribution in [3.8, 4) is 0 Å². The molecule has 0 aromatic heterocycles. The van der Waals surface area contributed by atoms with Crippen molar-refractivity contribution in [1.29, 1.82) is 0 Å². The van der Waals surface area contributed by atoms with E-state index in [2.05, 4.69) is 19.2 Å². The molecular formula is C17H27NO2S. The first-order valence-electron chi connectivity index (χ1n) is 7.84. The quantitative estimate of drug-likeness (QED) is 0.913. The fraction of sp³-hybridized carbons (Fsp3) is 0.647. The van der Waals surface area contributed by atoms with Crippen LogP contribution in [-0.4, -0.2) is 20.7 Å². The minimum absolute atomic E-state index is 0.395. The Labute approximate surface area is 129 Å². The molecule has 4 heteroatoms. The molecule has 118 valence electrons. The third kappa shape index (κ3) is 4.22. The van der Waals surface area contributed by atoms with Crippen LogP contribution >= 0.6 is 0 Å². The summed E-state index contributed by atoms with van der Waals surface area (Å²) in [7, 11) is -3.14. The van der Waals surface area contributed by atoms with Crippen LogP contribution in [0, 0.1) is 18.8 Å². The van der Waals surface area contributed by atoms with Gasteiger partial charge in [-0.15, -0.1) is 0 Å². The Morgan fingerprint density at radius 3 is 2.29 bits per heavy atom. The largest absolute Gasteiger partial charge is 0.382 e. The summed E-state index contributed by atoms with van der Waals surface area (Å²) in [4.78, 5) is 0.395. The highest BCUT2D eigenvalue weighted by Gasteiger charge is 2.23. The lowest BCUT2D eigenvalue weighted by Crippen LogP contribution is -2.28. The highest BCUT2D eigenvalue weighted by atomic mass is 32.2.